The van der Waals surface area contributed by atoms with Crippen LogP contribution in [-0.2, 0) is 0 Å². The van der Waals surface area contributed by atoms with Crippen molar-refractivity contribution < 1.29 is 9.72 Å². The summed E-state index contributed by atoms with van der Waals surface area (Å²) in [6, 6.07) is 5.83. The molecule has 0 amide bonds. The van der Waals surface area contributed by atoms with Crippen molar-refractivity contribution in [2.45, 2.75) is 26.2 Å². The van der Waals surface area contributed by atoms with Gasteiger partial charge >= 0.3 is 0 Å². The van der Waals surface area contributed by atoms with E-state index < -0.39 is 4.92 Å². The molecule has 0 heterocycles. The lowest BCUT2D eigenvalue weighted by molar-refractivity contribution is -0.384. The average Bonchev–Trinajstić information content (AvgIpc) is 2.38. The lowest BCUT2D eigenvalue weighted by atomic mass is 10.1. The number of nitrogens with one attached hydrogen (secondary N) is 1. The van der Waals surface area contributed by atoms with Gasteiger partial charge in [0.1, 0.15) is 0 Å². The highest BCUT2D eigenvalue weighted by molar-refractivity contribution is 5.98. The minimum atomic E-state index is -0.495. The van der Waals surface area contributed by atoms with Gasteiger partial charge in [-0.3, -0.25) is 14.9 Å². The Kier molecular flexibility index (Phi) is 6.00. The van der Waals surface area contributed by atoms with E-state index in [0.717, 1.165) is 25.8 Å². The molecule has 5 heteroatoms. The number of carbonyl (C=O) groups excluding carboxylic acids is 1. The van der Waals surface area contributed by atoms with Crippen molar-refractivity contribution in [1.82, 2.24) is 5.32 Å². The number of benzene rings is 1. The summed E-state index contributed by atoms with van der Waals surface area (Å²) in [5.74, 6) is -0.116. The van der Waals surface area contributed by atoms with Crippen LogP contribution in [0.25, 0.3) is 0 Å². The highest BCUT2D eigenvalue weighted by Crippen LogP contribution is 2.13. The monoisotopic (exact) mass is 250 g/mol. The maximum Gasteiger partial charge on any atom is 0.270 e. The number of hydrogen-bond acceptors (Lipinski definition) is 4. The van der Waals surface area contributed by atoms with Gasteiger partial charge in [-0.2, -0.15) is 0 Å². The van der Waals surface area contributed by atoms with Gasteiger partial charge in [0.05, 0.1) is 11.5 Å². The maximum absolute atomic E-state index is 11.8. The van der Waals surface area contributed by atoms with E-state index in [9.17, 15) is 14.9 Å². The van der Waals surface area contributed by atoms with E-state index in [-0.39, 0.29) is 18.0 Å². The Bertz CT molecular complexity index is 418. The SMILES string of the molecule is CCCCCNCC(=O)c1cccc([N+](=O)[O-])c1. The number of rotatable bonds is 8. The van der Waals surface area contributed by atoms with Crippen molar-refractivity contribution in [2.75, 3.05) is 13.1 Å². The Hall–Kier alpha value is -1.75. The fourth-order valence-electron chi connectivity index (χ4n) is 1.60. The minimum absolute atomic E-state index is 0.0492. The number of unbranched alkanes of at least 4 members (excludes halogenated alkanes) is 2. The molecular formula is C13H18N2O3. The number of nitro groups is 1. The molecule has 98 valence electrons. The standard InChI is InChI=1S/C13H18N2O3/c1-2-3-4-8-14-10-13(16)11-6-5-7-12(9-11)15(17)18/h5-7,9,14H,2-4,8,10H2,1H3. The summed E-state index contributed by atoms with van der Waals surface area (Å²) in [5.41, 5.74) is 0.332. The third kappa shape index (κ3) is 4.63. The molecule has 1 rings (SSSR count). The molecule has 5 nitrogen and oxygen atoms in total. The first-order chi connectivity index (χ1) is 8.65. The number of carbonyl (C=O) groups is 1. The first kappa shape index (κ1) is 14.3. The Morgan fingerprint density at radius 3 is 2.83 bits per heavy atom. The zero-order chi connectivity index (χ0) is 13.4. The van der Waals surface area contributed by atoms with Crippen molar-refractivity contribution in [3.8, 4) is 0 Å². The quantitative estimate of drug-likeness (QED) is 0.333. The number of ketones is 1. The molecule has 0 aromatic heterocycles. The molecule has 0 aliphatic rings. The van der Waals surface area contributed by atoms with Crippen LogP contribution in [0, 0.1) is 10.1 Å². The topological polar surface area (TPSA) is 72.2 Å². The van der Waals surface area contributed by atoms with Gasteiger partial charge in [0.25, 0.3) is 5.69 Å². The number of nitrogens with zero attached hydrogens (tertiary/aromatic N) is 1. The van der Waals surface area contributed by atoms with Crippen LogP contribution in [0.3, 0.4) is 0 Å². The van der Waals surface area contributed by atoms with E-state index in [1.807, 2.05) is 0 Å². The van der Waals surface area contributed by atoms with Crippen LogP contribution in [0.15, 0.2) is 24.3 Å². The molecule has 0 atom stereocenters. The van der Waals surface area contributed by atoms with Crippen LogP contribution in [0.5, 0.6) is 0 Å². The predicted molar refractivity (Wildman–Crippen MR) is 69.8 cm³/mol. The molecule has 0 aliphatic heterocycles. The Morgan fingerprint density at radius 2 is 2.17 bits per heavy atom. The van der Waals surface area contributed by atoms with Gasteiger partial charge in [0.2, 0.25) is 0 Å². The van der Waals surface area contributed by atoms with E-state index in [1.165, 1.54) is 18.2 Å². The highest BCUT2D eigenvalue weighted by Gasteiger charge is 2.10. The molecule has 0 spiro atoms. The second-order valence-electron chi connectivity index (χ2n) is 4.11. The van der Waals surface area contributed by atoms with Gasteiger partial charge in [0.15, 0.2) is 5.78 Å². The number of Topliss-reactive ketones (excluding diaryl/α,β-unsaturated/α-hetero) is 1. The number of non-ortho nitro benzene ring substituents is 1. The van der Waals surface area contributed by atoms with E-state index in [1.54, 1.807) is 6.07 Å². The van der Waals surface area contributed by atoms with Gasteiger partial charge in [0, 0.05) is 17.7 Å². The van der Waals surface area contributed by atoms with Crippen LogP contribution >= 0.6 is 0 Å². The summed E-state index contributed by atoms with van der Waals surface area (Å²) in [6.07, 6.45) is 3.32. The van der Waals surface area contributed by atoms with E-state index in [0.29, 0.717) is 5.56 Å². The second-order valence-corrected chi connectivity index (χ2v) is 4.11. The molecule has 1 N–H and O–H groups in total. The molecule has 0 bridgehead atoms. The highest BCUT2D eigenvalue weighted by atomic mass is 16.6. The van der Waals surface area contributed by atoms with Gasteiger partial charge in [-0.1, -0.05) is 31.9 Å². The van der Waals surface area contributed by atoms with Crippen LogP contribution in [0.2, 0.25) is 0 Å². The third-order valence-electron chi connectivity index (χ3n) is 2.62. The van der Waals surface area contributed by atoms with E-state index in [2.05, 4.69) is 12.2 Å². The molecule has 18 heavy (non-hydrogen) atoms. The van der Waals surface area contributed by atoms with Gasteiger partial charge in [-0.15, -0.1) is 0 Å². The van der Waals surface area contributed by atoms with Crippen molar-refractivity contribution in [3.05, 3.63) is 39.9 Å². The second kappa shape index (κ2) is 7.55. The molecule has 1 aromatic carbocycles. The molecule has 0 saturated carbocycles. The van der Waals surface area contributed by atoms with Crippen molar-refractivity contribution >= 4 is 11.5 Å². The molecule has 0 aliphatic carbocycles. The van der Waals surface area contributed by atoms with Crippen LogP contribution in [-0.4, -0.2) is 23.8 Å². The summed E-state index contributed by atoms with van der Waals surface area (Å²) in [4.78, 5) is 21.9. The first-order valence-electron chi connectivity index (χ1n) is 6.13. The summed E-state index contributed by atoms with van der Waals surface area (Å²) >= 11 is 0. The van der Waals surface area contributed by atoms with Crippen molar-refractivity contribution in [3.63, 3.8) is 0 Å². The number of nitro benzene ring substituents is 1. The molecule has 0 unspecified atom stereocenters. The molecule has 0 fully saturated rings. The van der Waals surface area contributed by atoms with Crippen molar-refractivity contribution in [2.24, 2.45) is 0 Å². The van der Waals surface area contributed by atoms with Crippen molar-refractivity contribution in [1.29, 1.82) is 0 Å². The minimum Gasteiger partial charge on any atom is -0.310 e. The zero-order valence-corrected chi connectivity index (χ0v) is 10.5. The maximum atomic E-state index is 11.8. The first-order valence-corrected chi connectivity index (χ1v) is 6.13. The fraction of sp³-hybridized carbons (Fsp3) is 0.462. The normalized spacial score (nSPS) is 10.3. The van der Waals surface area contributed by atoms with Crippen LogP contribution in [0.4, 0.5) is 5.69 Å². The summed E-state index contributed by atoms with van der Waals surface area (Å²) in [7, 11) is 0. The predicted octanol–water partition coefficient (Wildman–Crippen LogP) is 2.56. The van der Waals surface area contributed by atoms with Crippen LogP contribution in [0.1, 0.15) is 36.5 Å². The Labute approximate surface area is 106 Å². The lowest BCUT2D eigenvalue weighted by Crippen LogP contribution is -2.24. The zero-order valence-electron chi connectivity index (χ0n) is 10.5. The Morgan fingerprint density at radius 1 is 1.39 bits per heavy atom. The lowest BCUT2D eigenvalue weighted by Gasteiger charge is -2.03. The Balaban J connectivity index is 2.46. The van der Waals surface area contributed by atoms with Crippen LogP contribution < -0.4 is 5.32 Å². The summed E-state index contributed by atoms with van der Waals surface area (Å²) in [5, 5.41) is 13.6. The molecule has 1 aromatic rings. The molecule has 0 saturated heterocycles. The summed E-state index contributed by atoms with van der Waals surface area (Å²) < 4.78 is 0. The molecule has 0 radical (unpaired) electrons. The van der Waals surface area contributed by atoms with Gasteiger partial charge < -0.3 is 5.32 Å². The third-order valence-corrected chi connectivity index (χ3v) is 2.62. The summed E-state index contributed by atoms with van der Waals surface area (Å²) in [6.45, 7) is 3.15. The van der Waals surface area contributed by atoms with Gasteiger partial charge in [-0.05, 0) is 13.0 Å². The number of hydrogen-bond donors (Lipinski definition) is 1. The van der Waals surface area contributed by atoms with E-state index >= 15 is 0 Å². The fourth-order valence-corrected chi connectivity index (χ4v) is 1.60. The smallest absolute Gasteiger partial charge is 0.270 e. The average molecular weight is 250 g/mol. The molecular weight excluding hydrogens is 232 g/mol. The largest absolute Gasteiger partial charge is 0.310 e. The van der Waals surface area contributed by atoms with Gasteiger partial charge in [-0.25, -0.2) is 0 Å². The van der Waals surface area contributed by atoms with E-state index in [4.69, 9.17) is 0 Å².